The molecule has 2 unspecified atom stereocenters. The number of nitrogens with one attached hydrogen (secondary N) is 2. The van der Waals surface area contributed by atoms with E-state index in [4.69, 9.17) is 21.7 Å². The zero-order valence-electron chi connectivity index (χ0n) is 19.3. The second-order valence-electron chi connectivity index (χ2n) is 8.02. The first-order chi connectivity index (χ1) is 15.0. The van der Waals surface area contributed by atoms with Crippen LogP contribution in [0.1, 0.15) is 48.6 Å². The lowest BCUT2D eigenvalue weighted by Crippen LogP contribution is -2.50. The van der Waals surface area contributed by atoms with E-state index in [0.717, 1.165) is 44.0 Å². The van der Waals surface area contributed by atoms with Crippen LogP contribution in [0.15, 0.2) is 36.4 Å². The molecule has 0 fully saturated rings. The molecule has 0 spiro atoms. The summed E-state index contributed by atoms with van der Waals surface area (Å²) in [6, 6.07) is 13.3. The SMILES string of the molecule is CCNC(=S)NC(CC)C1c2cc(OC)c(OC)cc2CCN1Cc1ccccc1C. The number of benzene rings is 2. The topological polar surface area (TPSA) is 45.8 Å². The molecule has 0 radical (unpaired) electrons. The van der Waals surface area contributed by atoms with Crippen molar-refractivity contribution in [3.8, 4) is 11.5 Å². The molecule has 1 aliphatic heterocycles. The van der Waals surface area contributed by atoms with Gasteiger partial charge in [-0.15, -0.1) is 0 Å². The standard InChI is InChI=1S/C25H35N3O2S/c1-6-21(27-25(31)26-7-2)24-20-15-23(30-5)22(29-4)14-18(20)12-13-28(24)16-19-11-9-8-10-17(19)3/h8-11,14-15,21,24H,6-7,12-13,16H2,1-5H3,(H2,26,27,31). The highest BCUT2D eigenvalue weighted by atomic mass is 32.1. The normalized spacial score (nSPS) is 16.9. The fourth-order valence-electron chi connectivity index (χ4n) is 4.47. The van der Waals surface area contributed by atoms with Crippen molar-refractivity contribution in [1.29, 1.82) is 0 Å². The van der Waals surface area contributed by atoms with Crippen LogP contribution >= 0.6 is 12.2 Å². The smallest absolute Gasteiger partial charge is 0.166 e. The molecule has 1 aliphatic rings. The van der Waals surface area contributed by atoms with Gasteiger partial charge in [-0.2, -0.15) is 0 Å². The Labute approximate surface area is 192 Å². The number of nitrogens with zero attached hydrogens (tertiary/aromatic N) is 1. The number of aryl methyl sites for hydroxylation is 1. The number of fused-ring (bicyclic) bond motifs is 1. The molecule has 6 heteroatoms. The van der Waals surface area contributed by atoms with E-state index in [9.17, 15) is 0 Å². The van der Waals surface area contributed by atoms with Crippen LogP contribution in [0.3, 0.4) is 0 Å². The molecule has 31 heavy (non-hydrogen) atoms. The van der Waals surface area contributed by atoms with Crippen LogP contribution in [0.5, 0.6) is 11.5 Å². The summed E-state index contributed by atoms with van der Waals surface area (Å²) in [5.41, 5.74) is 5.29. The van der Waals surface area contributed by atoms with Crippen LogP contribution in [0.25, 0.3) is 0 Å². The third-order valence-corrected chi connectivity index (χ3v) is 6.40. The number of methoxy groups -OCH3 is 2. The largest absolute Gasteiger partial charge is 0.493 e. The minimum Gasteiger partial charge on any atom is -0.493 e. The maximum atomic E-state index is 5.65. The molecule has 0 amide bonds. The lowest BCUT2D eigenvalue weighted by Gasteiger charge is -2.42. The van der Waals surface area contributed by atoms with E-state index in [2.05, 4.69) is 72.7 Å². The van der Waals surface area contributed by atoms with Crippen LogP contribution in [-0.2, 0) is 13.0 Å². The molecule has 0 bridgehead atoms. The lowest BCUT2D eigenvalue weighted by atomic mass is 9.86. The van der Waals surface area contributed by atoms with Gasteiger partial charge in [0.05, 0.1) is 20.3 Å². The molecule has 2 N–H and O–H groups in total. The van der Waals surface area contributed by atoms with Gasteiger partial charge in [0.15, 0.2) is 16.6 Å². The van der Waals surface area contributed by atoms with Gasteiger partial charge in [-0.25, -0.2) is 0 Å². The van der Waals surface area contributed by atoms with E-state index in [1.165, 1.54) is 22.3 Å². The molecule has 2 aromatic carbocycles. The summed E-state index contributed by atoms with van der Waals surface area (Å²) in [5.74, 6) is 1.56. The highest BCUT2D eigenvalue weighted by Crippen LogP contribution is 2.40. The Morgan fingerprint density at radius 2 is 1.87 bits per heavy atom. The van der Waals surface area contributed by atoms with Gasteiger partial charge in [-0.3, -0.25) is 4.90 Å². The lowest BCUT2D eigenvalue weighted by molar-refractivity contribution is 0.141. The number of hydrogen-bond acceptors (Lipinski definition) is 4. The molecule has 2 atom stereocenters. The second-order valence-corrected chi connectivity index (χ2v) is 8.42. The third kappa shape index (κ3) is 5.31. The molecule has 5 nitrogen and oxygen atoms in total. The van der Waals surface area contributed by atoms with E-state index in [1.54, 1.807) is 14.2 Å². The molecular formula is C25H35N3O2S. The minimum absolute atomic E-state index is 0.171. The summed E-state index contributed by atoms with van der Waals surface area (Å²) in [7, 11) is 3.39. The summed E-state index contributed by atoms with van der Waals surface area (Å²) >= 11 is 5.56. The van der Waals surface area contributed by atoms with Crippen LogP contribution in [0.4, 0.5) is 0 Å². The fourth-order valence-corrected chi connectivity index (χ4v) is 4.76. The van der Waals surface area contributed by atoms with Gasteiger partial charge in [0, 0.05) is 25.7 Å². The zero-order valence-corrected chi connectivity index (χ0v) is 20.1. The van der Waals surface area contributed by atoms with Gasteiger partial charge < -0.3 is 20.1 Å². The summed E-state index contributed by atoms with van der Waals surface area (Å²) in [6.45, 7) is 9.15. The first-order valence-electron chi connectivity index (χ1n) is 11.1. The molecule has 0 aliphatic carbocycles. The van der Waals surface area contributed by atoms with Crippen LogP contribution in [0, 0.1) is 6.92 Å². The first kappa shape index (κ1) is 23.4. The first-order valence-corrected chi connectivity index (χ1v) is 11.5. The highest BCUT2D eigenvalue weighted by molar-refractivity contribution is 7.80. The van der Waals surface area contributed by atoms with E-state index < -0.39 is 0 Å². The summed E-state index contributed by atoms with van der Waals surface area (Å²) < 4.78 is 11.2. The van der Waals surface area contributed by atoms with E-state index in [1.807, 2.05) is 0 Å². The van der Waals surface area contributed by atoms with Gasteiger partial charge in [0.25, 0.3) is 0 Å². The molecule has 0 saturated heterocycles. The quantitative estimate of drug-likeness (QED) is 0.593. The van der Waals surface area contributed by atoms with Gasteiger partial charge in [0.1, 0.15) is 0 Å². The Kier molecular flexibility index (Phi) is 8.15. The van der Waals surface area contributed by atoms with E-state index >= 15 is 0 Å². The Hall–Kier alpha value is -2.31. The number of ether oxygens (including phenoxy) is 2. The maximum Gasteiger partial charge on any atom is 0.166 e. The summed E-state index contributed by atoms with van der Waals surface area (Å²) in [4.78, 5) is 2.58. The molecule has 3 rings (SSSR count). The van der Waals surface area contributed by atoms with Crippen LogP contribution in [0.2, 0.25) is 0 Å². The van der Waals surface area contributed by atoms with Crippen molar-refractivity contribution in [2.24, 2.45) is 0 Å². The molecule has 2 aromatic rings. The monoisotopic (exact) mass is 441 g/mol. The van der Waals surface area contributed by atoms with Crippen LogP contribution < -0.4 is 20.1 Å². The molecule has 168 valence electrons. The fraction of sp³-hybridized carbons (Fsp3) is 0.480. The van der Waals surface area contributed by atoms with Crippen molar-refractivity contribution in [2.45, 2.75) is 52.2 Å². The second kappa shape index (κ2) is 10.8. The predicted molar refractivity (Wildman–Crippen MR) is 131 cm³/mol. The molecular weight excluding hydrogens is 406 g/mol. The van der Waals surface area contributed by atoms with E-state index in [-0.39, 0.29) is 12.1 Å². The average molecular weight is 442 g/mol. The van der Waals surface area contributed by atoms with Crippen molar-refractivity contribution in [3.05, 3.63) is 58.7 Å². The number of thiocarbonyl (C=S) groups is 1. The van der Waals surface area contributed by atoms with Crippen LogP contribution in [-0.4, -0.2) is 43.4 Å². The van der Waals surface area contributed by atoms with Crippen molar-refractivity contribution < 1.29 is 9.47 Å². The highest BCUT2D eigenvalue weighted by Gasteiger charge is 2.34. The Bertz CT molecular complexity index is 902. The number of rotatable bonds is 8. The number of hydrogen-bond donors (Lipinski definition) is 2. The van der Waals surface area contributed by atoms with Gasteiger partial charge in [0.2, 0.25) is 0 Å². The zero-order chi connectivity index (χ0) is 22.4. The van der Waals surface area contributed by atoms with Gasteiger partial charge in [-0.1, -0.05) is 31.2 Å². The van der Waals surface area contributed by atoms with Crippen molar-refractivity contribution in [2.75, 3.05) is 27.3 Å². The van der Waals surface area contributed by atoms with Crippen molar-refractivity contribution >= 4 is 17.3 Å². The third-order valence-electron chi connectivity index (χ3n) is 6.14. The average Bonchev–Trinajstić information content (AvgIpc) is 2.78. The Balaban J connectivity index is 2.03. The predicted octanol–water partition coefficient (Wildman–Crippen LogP) is 4.37. The van der Waals surface area contributed by atoms with E-state index in [0.29, 0.717) is 5.11 Å². The minimum atomic E-state index is 0.171. The van der Waals surface area contributed by atoms with Crippen molar-refractivity contribution in [3.63, 3.8) is 0 Å². The Morgan fingerprint density at radius 1 is 1.16 bits per heavy atom. The van der Waals surface area contributed by atoms with Gasteiger partial charge >= 0.3 is 0 Å². The molecule has 0 saturated carbocycles. The molecule has 1 heterocycles. The summed E-state index contributed by atoms with van der Waals surface area (Å²) in [5, 5.41) is 7.53. The summed E-state index contributed by atoms with van der Waals surface area (Å²) in [6.07, 6.45) is 1.93. The maximum absolute atomic E-state index is 5.65. The van der Waals surface area contributed by atoms with Gasteiger partial charge in [-0.05, 0) is 73.3 Å². The Morgan fingerprint density at radius 3 is 2.52 bits per heavy atom. The van der Waals surface area contributed by atoms with Crippen molar-refractivity contribution in [1.82, 2.24) is 15.5 Å². The molecule has 0 aromatic heterocycles.